The van der Waals surface area contributed by atoms with E-state index in [1.54, 1.807) is 18.2 Å². The van der Waals surface area contributed by atoms with E-state index >= 15 is 0 Å². The molecule has 0 spiro atoms. The highest BCUT2D eigenvalue weighted by molar-refractivity contribution is 6.30. The fourth-order valence-corrected chi connectivity index (χ4v) is 2.33. The Morgan fingerprint density at radius 1 is 1.41 bits per heavy atom. The Morgan fingerprint density at radius 2 is 2.09 bits per heavy atom. The quantitative estimate of drug-likeness (QED) is 0.615. The molecule has 0 radical (unpaired) electrons. The molecular weight excluding hydrogens is 306 g/mol. The lowest BCUT2D eigenvalue weighted by Gasteiger charge is -2.34. The molecule has 1 amide bonds. The Balaban J connectivity index is 2.38. The van der Waals surface area contributed by atoms with Gasteiger partial charge < -0.3 is 9.47 Å². The van der Waals surface area contributed by atoms with Crippen LogP contribution in [0.1, 0.15) is 38.1 Å². The maximum atomic E-state index is 12.4. The van der Waals surface area contributed by atoms with Crippen molar-refractivity contribution in [3.63, 3.8) is 0 Å². The molecule has 0 saturated heterocycles. The molecule has 1 heterocycles. The van der Waals surface area contributed by atoms with Crippen molar-refractivity contribution in [3.05, 3.63) is 23.8 Å². The summed E-state index contributed by atoms with van der Waals surface area (Å²) in [6, 6.07) is 4.95. The van der Waals surface area contributed by atoms with Crippen molar-refractivity contribution < 1.29 is 19.1 Å². The van der Waals surface area contributed by atoms with Gasteiger partial charge >= 0.3 is 6.09 Å². The Hall–Kier alpha value is -1.75. The van der Waals surface area contributed by atoms with E-state index in [2.05, 4.69) is 0 Å². The number of amides is 1. The number of anilines is 1. The van der Waals surface area contributed by atoms with E-state index in [-0.39, 0.29) is 17.8 Å². The lowest BCUT2D eigenvalue weighted by atomic mass is 10.1. The van der Waals surface area contributed by atoms with E-state index in [1.807, 2.05) is 27.7 Å². The van der Waals surface area contributed by atoms with Gasteiger partial charge in [-0.3, -0.25) is 9.69 Å². The Bertz CT molecular complexity index is 594. The summed E-state index contributed by atoms with van der Waals surface area (Å²) >= 11 is 5.59. The first kappa shape index (κ1) is 16.6. The van der Waals surface area contributed by atoms with Crippen LogP contribution in [0.15, 0.2) is 18.2 Å². The zero-order valence-electron chi connectivity index (χ0n) is 13.2. The number of hydrogen-bond acceptors (Lipinski definition) is 4. The van der Waals surface area contributed by atoms with Gasteiger partial charge in [0.05, 0.1) is 18.1 Å². The molecule has 0 saturated carbocycles. The molecule has 0 aliphatic carbocycles. The summed E-state index contributed by atoms with van der Waals surface area (Å²) in [5.41, 5.74) is 0.381. The van der Waals surface area contributed by atoms with E-state index in [4.69, 9.17) is 21.1 Å². The van der Waals surface area contributed by atoms with Crippen LogP contribution in [0.3, 0.4) is 0 Å². The molecule has 22 heavy (non-hydrogen) atoms. The number of ether oxygens (including phenoxy) is 2. The van der Waals surface area contributed by atoms with Crippen molar-refractivity contribution in [2.75, 3.05) is 17.3 Å². The molecule has 0 N–H and O–H groups in total. The highest BCUT2D eigenvalue weighted by Gasteiger charge is 2.31. The average Bonchev–Trinajstić information content (AvgIpc) is 2.43. The molecule has 2 rings (SSSR count). The summed E-state index contributed by atoms with van der Waals surface area (Å²) in [5.74, 6) is 0.241. The van der Waals surface area contributed by atoms with Crippen LogP contribution in [0, 0.1) is 0 Å². The molecule has 0 aromatic heterocycles. The first-order chi connectivity index (χ1) is 10.2. The number of alkyl halides is 1. The molecule has 1 aromatic rings. The first-order valence-corrected chi connectivity index (χ1v) is 7.65. The molecule has 6 heteroatoms. The second-order valence-corrected chi connectivity index (χ2v) is 6.53. The number of ketones is 1. The lowest BCUT2D eigenvalue weighted by Crippen LogP contribution is -2.44. The number of benzene rings is 1. The van der Waals surface area contributed by atoms with E-state index < -0.39 is 11.7 Å². The zero-order chi connectivity index (χ0) is 16.5. The van der Waals surface area contributed by atoms with E-state index in [1.165, 1.54) is 4.90 Å². The standard InChI is InChI=1S/C16H20ClNO4/c1-10-9-18(15(20)22-16(2,3)4)12-7-11(13(19)8-17)5-6-14(12)21-10/h5-7,10H,8-9H2,1-4H3. The van der Waals surface area contributed by atoms with Crippen molar-refractivity contribution in [2.24, 2.45) is 0 Å². The summed E-state index contributed by atoms with van der Waals surface area (Å²) in [6.07, 6.45) is -0.617. The highest BCUT2D eigenvalue weighted by Crippen LogP contribution is 2.35. The predicted molar refractivity (Wildman–Crippen MR) is 85.2 cm³/mol. The van der Waals surface area contributed by atoms with Crippen LogP contribution in [0.4, 0.5) is 10.5 Å². The largest absolute Gasteiger partial charge is 0.487 e. The molecule has 5 nitrogen and oxygen atoms in total. The van der Waals surface area contributed by atoms with Crippen molar-refractivity contribution in [1.82, 2.24) is 0 Å². The topological polar surface area (TPSA) is 55.8 Å². The van der Waals surface area contributed by atoms with Gasteiger partial charge in [-0.15, -0.1) is 11.6 Å². The van der Waals surface area contributed by atoms with Crippen LogP contribution >= 0.6 is 11.6 Å². The van der Waals surface area contributed by atoms with Gasteiger partial charge in [-0.05, 0) is 45.9 Å². The highest BCUT2D eigenvalue weighted by atomic mass is 35.5. The van der Waals surface area contributed by atoms with Crippen LogP contribution in [0.25, 0.3) is 0 Å². The number of hydrogen-bond donors (Lipinski definition) is 0. The van der Waals surface area contributed by atoms with Crippen molar-refractivity contribution in [1.29, 1.82) is 0 Å². The number of nitrogens with zero attached hydrogens (tertiary/aromatic N) is 1. The molecule has 1 aromatic carbocycles. The summed E-state index contributed by atoms with van der Waals surface area (Å²) in [4.78, 5) is 25.7. The fraction of sp³-hybridized carbons (Fsp3) is 0.500. The second kappa shape index (κ2) is 6.16. The third-order valence-corrected chi connectivity index (χ3v) is 3.32. The molecule has 120 valence electrons. The summed E-state index contributed by atoms with van der Waals surface area (Å²) in [6.45, 7) is 7.66. The summed E-state index contributed by atoms with van der Waals surface area (Å²) in [7, 11) is 0. The van der Waals surface area contributed by atoms with Gasteiger partial charge in [0.25, 0.3) is 0 Å². The minimum atomic E-state index is -0.595. The minimum Gasteiger partial charge on any atom is -0.487 e. The maximum absolute atomic E-state index is 12.4. The van der Waals surface area contributed by atoms with Gasteiger partial charge in [-0.2, -0.15) is 0 Å². The predicted octanol–water partition coefficient (Wildman–Crippen LogP) is 3.63. The van der Waals surface area contributed by atoms with Crippen LogP contribution in [0.2, 0.25) is 0 Å². The summed E-state index contributed by atoms with van der Waals surface area (Å²) < 4.78 is 11.1. The molecule has 0 fully saturated rings. The van der Waals surface area contributed by atoms with Gasteiger partial charge in [0.2, 0.25) is 0 Å². The Morgan fingerprint density at radius 3 is 2.68 bits per heavy atom. The number of carbonyl (C=O) groups is 2. The van der Waals surface area contributed by atoms with E-state index in [9.17, 15) is 9.59 Å². The van der Waals surface area contributed by atoms with Crippen molar-refractivity contribution >= 4 is 29.2 Å². The summed E-state index contributed by atoms with van der Waals surface area (Å²) in [5, 5.41) is 0. The van der Waals surface area contributed by atoms with Gasteiger partial charge in [-0.1, -0.05) is 0 Å². The van der Waals surface area contributed by atoms with Gasteiger partial charge in [0.15, 0.2) is 5.78 Å². The lowest BCUT2D eigenvalue weighted by molar-refractivity contribution is 0.0551. The number of halogens is 1. The van der Waals surface area contributed by atoms with Gasteiger partial charge in [0, 0.05) is 5.56 Å². The zero-order valence-corrected chi connectivity index (χ0v) is 13.9. The van der Waals surface area contributed by atoms with E-state index in [0.29, 0.717) is 23.5 Å². The Kier molecular flexibility index (Phi) is 4.66. The normalized spacial score (nSPS) is 17.5. The molecule has 1 unspecified atom stereocenters. The number of rotatable bonds is 2. The van der Waals surface area contributed by atoms with Gasteiger partial charge in [0.1, 0.15) is 17.5 Å². The van der Waals surface area contributed by atoms with Gasteiger partial charge in [-0.25, -0.2) is 4.79 Å². The second-order valence-electron chi connectivity index (χ2n) is 6.26. The third-order valence-electron chi connectivity index (χ3n) is 3.07. The molecule has 1 atom stereocenters. The first-order valence-electron chi connectivity index (χ1n) is 7.11. The SMILES string of the molecule is CC1CN(C(=O)OC(C)(C)C)c2cc(C(=O)CCl)ccc2O1. The van der Waals surface area contributed by atoms with Crippen LogP contribution < -0.4 is 9.64 Å². The maximum Gasteiger partial charge on any atom is 0.415 e. The fourth-order valence-electron chi connectivity index (χ4n) is 2.18. The average molecular weight is 326 g/mol. The number of carbonyl (C=O) groups excluding carboxylic acids is 2. The van der Waals surface area contributed by atoms with Crippen LogP contribution in [0.5, 0.6) is 5.75 Å². The number of Topliss-reactive ketones (excluding diaryl/α,β-unsaturated/α-hetero) is 1. The smallest absolute Gasteiger partial charge is 0.415 e. The number of fused-ring (bicyclic) bond motifs is 1. The van der Waals surface area contributed by atoms with Crippen LogP contribution in [-0.4, -0.2) is 36.0 Å². The van der Waals surface area contributed by atoms with E-state index in [0.717, 1.165) is 0 Å². The minimum absolute atomic E-state index is 0.109. The van der Waals surface area contributed by atoms with Crippen molar-refractivity contribution in [3.8, 4) is 5.75 Å². The molecular formula is C16H20ClNO4. The Labute approximate surface area is 135 Å². The van der Waals surface area contributed by atoms with Crippen molar-refractivity contribution in [2.45, 2.75) is 39.4 Å². The molecule has 1 aliphatic rings. The molecule has 1 aliphatic heterocycles. The third kappa shape index (κ3) is 3.71. The van der Waals surface area contributed by atoms with Crippen LogP contribution in [-0.2, 0) is 4.74 Å². The molecule has 0 bridgehead atoms. The monoisotopic (exact) mass is 325 g/mol.